The van der Waals surface area contributed by atoms with Crippen molar-refractivity contribution in [2.75, 3.05) is 28.3 Å². The van der Waals surface area contributed by atoms with Crippen LogP contribution in [0.5, 0.6) is 0 Å². The second-order valence-corrected chi connectivity index (χ2v) is 10.8. The monoisotopic (exact) mass is 525 g/mol. The van der Waals surface area contributed by atoms with Crippen LogP contribution in [-0.2, 0) is 40.4 Å². The van der Waals surface area contributed by atoms with E-state index in [1.165, 1.54) is 5.56 Å². The quantitative estimate of drug-likeness (QED) is 0.467. The van der Waals surface area contributed by atoms with Gasteiger partial charge in [0.15, 0.2) is 0 Å². The van der Waals surface area contributed by atoms with Crippen molar-refractivity contribution in [1.82, 2.24) is 10.3 Å². The first kappa shape index (κ1) is 26.6. The van der Waals surface area contributed by atoms with Crippen molar-refractivity contribution in [3.8, 4) is 0 Å². The van der Waals surface area contributed by atoms with E-state index in [2.05, 4.69) is 28.5 Å². The highest BCUT2D eigenvalue weighted by Gasteiger charge is 2.45. The summed E-state index contributed by atoms with van der Waals surface area (Å²) >= 11 is 0. The summed E-state index contributed by atoms with van der Waals surface area (Å²) in [6, 6.07) is 16.1. The minimum absolute atomic E-state index is 0.135. The number of hydrogen-bond acceptors (Lipinski definition) is 5. The molecule has 0 saturated heterocycles. The molecule has 5 rings (SSSR count). The van der Waals surface area contributed by atoms with Crippen LogP contribution in [0.2, 0.25) is 0 Å². The summed E-state index contributed by atoms with van der Waals surface area (Å²) in [5, 5.41) is 3.50. The molecule has 1 aromatic heterocycles. The van der Waals surface area contributed by atoms with Crippen LogP contribution in [0.25, 0.3) is 0 Å². The highest BCUT2D eigenvalue weighted by atomic mass is 16.2. The Morgan fingerprint density at radius 1 is 0.795 bits per heavy atom. The largest absolute Gasteiger partial charge is 0.313 e. The van der Waals surface area contributed by atoms with Gasteiger partial charge in [-0.25, -0.2) is 0 Å². The molecule has 0 unspecified atom stereocenters. The number of hydrogen-bond donors (Lipinski definition) is 1. The summed E-state index contributed by atoms with van der Waals surface area (Å²) in [5.41, 5.74) is 5.68. The second-order valence-electron chi connectivity index (χ2n) is 10.8. The first-order valence-electron chi connectivity index (χ1n) is 13.5. The minimum atomic E-state index is -1.12. The Kier molecular flexibility index (Phi) is 7.23. The molecule has 202 valence electrons. The fourth-order valence-corrected chi connectivity index (χ4v) is 5.45. The molecule has 8 nitrogen and oxygen atoms in total. The Morgan fingerprint density at radius 3 is 2.15 bits per heavy atom. The third-order valence-electron chi connectivity index (χ3n) is 7.73. The van der Waals surface area contributed by atoms with Gasteiger partial charge in [0.2, 0.25) is 17.7 Å². The van der Waals surface area contributed by atoms with Crippen molar-refractivity contribution < 1.29 is 14.4 Å². The molecule has 2 aliphatic heterocycles. The van der Waals surface area contributed by atoms with Crippen molar-refractivity contribution in [1.29, 1.82) is 0 Å². The van der Waals surface area contributed by atoms with Gasteiger partial charge in [-0.15, -0.1) is 0 Å². The Morgan fingerprint density at radius 2 is 1.46 bits per heavy atom. The average Bonchev–Trinajstić information content (AvgIpc) is 2.99. The van der Waals surface area contributed by atoms with Gasteiger partial charge in [0.1, 0.15) is 5.41 Å². The molecule has 0 spiro atoms. The van der Waals surface area contributed by atoms with Crippen molar-refractivity contribution >= 4 is 34.8 Å². The van der Waals surface area contributed by atoms with Crippen LogP contribution < -0.4 is 20.0 Å². The molecule has 0 radical (unpaired) electrons. The first-order valence-corrected chi connectivity index (χ1v) is 13.5. The first-order chi connectivity index (χ1) is 18.7. The number of anilines is 3. The van der Waals surface area contributed by atoms with Crippen LogP contribution in [-0.4, -0.2) is 36.3 Å². The van der Waals surface area contributed by atoms with Crippen LogP contribution in [0.3, 0.4) is 0 Å². The predicted molar refractivity (Wildman–Crippen MR) is 152 cm³/mol. The smallest absolute Gasteiger partial charge is 0.242 e. The third kappa shape index (κ3) is 5.04. The maximum absolute atomic E-state index is 13.1. The maximum atomic E-state index is 13.1. The maximum Gasteiger partial charge on any atom is 0.242 e. The summed E-state index contributed by atoms with van der Waals surface area (Å²) in [4.78, 5) is 48.3. The number of aryl methyl sites for hydroxylation is 1. The number of amides is 3. The standard InChI is InChI=1S/C31H35N5O3/c1-5-35-25-10-7-23(17-27(25)34(4)29(38)31(2,3)30(35)39)19-33-18-22-6-8-24-9-11-28(37)36(26(24)16-22)20-21-12-14-32-15-13-21/h6-8,10,12-17,33H,5,9,11,18-20H2,1-4H3. The molecule has 39 heavy (non-hydrogen) atoms. The van der Waals surface area contributed by atoms with Gasteiger partial charge < -0.3 is 20.0 Å². The number of fused-ring (bicyclic) bond motifs is 2. The fraction of sp³-hybridized carbons (Fsp3) is 0.355. The highest BCUT2D eigenvalue weighted by Crippen LogP contribution is 2.38. The van der Waals surface area contributed by atoms with Gasteiger partial charge in [0.05, 0.1) is 17.9 Å². The molecular formula is C31H35N5O3. The topological polar surface area (TPSA) is 85.8 Å². The normalized spacial score (nSPS) is 16.7. The molecule has 3 amide bonds. The van der Waals surface area contributed by atoms with Crippen LogP contribution in [0.1, 0.15) is 49.4 Å². The van der Waals surface area contributed by atoms with E-state index in [-0.39, 0.29) is 17.7 Å². The molecule has 0 fully saturated rings. The van der Waals surface area contributed by atoms with E-state index < -0.39 is 5.41 Å². The number of carbonyl (C=O) groups is 3. The Balaban J connectivity index is 1.32. The second kappa shape index (κ2) is 10.6. The zero-order valence-electron chi connectivity index (χ0n) is 23.0. The summed E-state index contributed by atoms with van der Waals surface area (Å²) in [6.07, 6.45) is 4.77. The molecule has 0 aliphatic carbocycles. The Labute approximate surface area is 229 Å². The lowest BCUT2D eigenvalue weighted by molar-refractivity contribution is -0.137. The number of benzene rings is 2. The number of nitrogens with one attached hydrogen (secondary N) is 1. The lowest BCUT2D eigenvalue weighted by Gasteiger charge is -2.30. The number of rotatable bonds is 7. The van der Waals surface area contributed by atoms with E-state index in [1.54, 1.807) is 43.1 Å². The highest BCUT2D eigenvalue weighted by molar-refractivity contribution is 6.19. The Bertz CT molecular complexity index is 1420. The third-order valence-corrected chi connectivity index (χ3v) is 7.73. The minimum Gasteiger partial charge on any atom is -0.313 e. The van der Waals surface area contributed by atoms with Gasteiger partial charge in [-0.1, -0.05) is 18.2 Å². The summed E-state index contributed by atoms with van der Waals surface area (Å²) < 4.78 is 0. The van der Waals surface area contributed by atoms with E-state index in [0.717, 1.165) is 40.2 Å². The molecule has 2 aromatic carbocycles. The molecule has 1 N–H and O–H groups in total. The van der Waals surface area contributed by atoms with Crippen LogP contribution in [0.15, 0.2) is 60.9 Å². The summed E-state index contributed by atoms with van der Waals surface area (Å²) in [7, 11) is 1.73. The van der Waals surface area contributed by atoms with Crippen molar-refractivity contribution in [2.24, 2.45) is 5.41 Å². The van der Waals surface area contributed by atoms with Crippen molar-refractivity contribution in [3.05, 3.63) is 83.2 Å². The number of nitrogens with zero attached hydrogens (tertiary/aromatic N) is 4. The molecule has 8 heteroatoms. The summed E-state index contributed by atoms with van der Waals surface area (Å²) in [6.45, 7) is 7.55. The SMILES string of the molecule is CCN1C(=O)C(C)(C)C(=O)N(C)c2cc(CNCc3ccc4c(c3)N(Cc3ccncc3)C(=O)CC4)ccc21. The lowest BCUT2D eigenvalue weighted by atomic mass is 9.90. The predicted octanol–water partition coefficient (Wildman–Crippen LogP) is 4.21. The molecular weight excluding hydrogens is 490 g/mol. The van der Waals surface area contributed by atoms with Gasteiger partial charge in [0, 0.05) is 51.2 Å². The summed E-state index contributed by atoms with van der Waals surface area (Å²) in [5.74, 6) is -0.263. The molecule has 0 bridgehead atoms. The van der Waals surface area contributed by atoms with Crippen molar-refractivity contribution in [2.45, 2.75) is 53.2 Å². The molecule has 3 aromatic rings. The number of carbonyl (C=O) groups excluding carboxylic acids is 3. The van der Waals surface area contributed by atoms with Gasteiger partial charge in [-0.05, 0) is 79.8 Å². The zero-order chi connectivity index (χ0) is 27.7. The Hall–Kier alpha value is -4.04. The number of aromatic nitrogens is 1. The van der Waals surface area contributed by atoms with E-state index in [0.29, 0.717) is 32.6 Å². The lowest BCUT2D eigenvalue weighted by Crippen LogP contribution is -2.47. The van der Waals surface area contributed by atoms with Crippen LogP contribution in [0.4, 0.5) is 17.1 Å². The van der Waals surface area contributed by atoms with E-state index >= 15 is 0 Å². The van der Waals surface area contributed by atoms with Crippen LogP contribution >= 0.6 is 0 Å². The fourth-order valence-electron chi connectivity index (χ4n) is 5.45. The van der Waals surface area contributed by atoms with Gasteiger partial charge in [0.25, 0.3) is 0 Å². The molecule has 0 atom stereocenters. The van der Waals surface area contributed by atoms with Gasteiger partial charge >= 0.3 is 0 Å². The van der Waals surface area contributed by atoms with E-state index in [4.69, 9.17) is 0 Å². The zero-order valence-corrected chi connectivity index (χ0v) is 23.0. The van der Waals surface area contributed by atoms with E-state index in [9.17, 15) is 14.4 Å². The number of pyridine rings is 1. The molecule has 0 saturated carbocycles. The van der Waals surface area contributed by atoms with Gasteiger partial charge in [-0.2, -0.15) is 0 Å². The molecule has 2 aliphatic rings. The van der Waals surface area contributed by atoms with Crippen molar-refractivity contribution in [3.63, 3.8) is 0 Å². The average molecular weight is 526 g/mol. The van der Waals surface area contributed by atoms with E-state index in [1.807, 2.05) is 42.2 Å². The molecule has 3 heterocycles. The van der Waals surface area contributed by atoms with Crippen LogP contribution in [0, 0.1) is 5.41 Å². The van der Waals surface area contributed by atoms with Gasteiger partial charge in [-0.3, -0.25) is 19.4 Å².